The van der Waals surface area contributed by atoms with E-state index in [2.05, 4.69) is 0 Å². The van der Waals surface area contributed by atoms with Gasteiger partial charge < -0.3 is 0 Å². The molecule has 0 atom stereocenters. The average molecular weight is 136 g/mol. The molecule has 0 heterocycles. The van der Waals surface area contributed by atoms with Gasteiger partial charge in [0.2, 0.25) is 0 Å². The van der Waals surface area contributed by atoms with E-state index in [9.17, 15) is 0 Å². The van der Waals surface area contributed by atoms with Crippen LogP contribution >= 0.6 is 0 Å². The van der Waals surface area contributed by atoms with E-state index in [0.29, 0.717) is 0 Å². The van der Waals surface area contributed by atoms with Crippen molar-refractivity contribution in [1.82, 2.24) is 0 Å². The van der Waals surface area contributed by atoms with Gasteiger partial charge in [-0.2, -0.15) is 0 Å². The minimum Gasteiger partial charge on any atom is -0.0499 e. The normalized spacial score (nSPS) is 52.2. The fraction of sp³-hybridized carbons (Fsp3) is 1.00. The van der Waals surface area contributed by atoms with E-state index in [0.717, 1.165) is 5.41 Å². The van der Waals surface area contributed by atoms with Crippen molar-refractivity contribution in [1.29, 1.82) is 0 Å². The average Bonchev–Trinajstić information content (AvgIpc) is 2.66. The van der Waals surface area contributed by atoms with Gasteiger partial charge in [-0.05, 0) is 62.2 Å². The molecule has 3 aliphatic carbocycles. The van der Waals surface area contributed by atoms with E-state index in [1.165, 1.54) is 11.8 Å². The molecule has 0 aromatic carbocycles. The highest BCUT2D eigenvalue weighted by molar-refractivity contribution is 5.03. The molecule has 0 unspecified atom stereocenters. The number of rotatable bonds is 1. The summed E-state index contributed by atoms with van der Waals surface area (Å²) in [5, 5.41) is 0. The summed E-state index contributed by atoms with van der Waals surface area (Å²) in [7, 11) is 0. The lowest BCUT2D eigenvalue weighted by Gasteiger charge is -2.25. The molecule has 2 bridgehead atoms. The highest BCUT2D eigenvalue weighted by atomic mass is 14.6. The third-order valence-electron chi connectivity index (χ3n) is 4.24. The Morgan fingerprint density at radius 1 is 0.900 bits per heavy atom. The second kappa shape index (κ2) is 1.60. The molecule has 3 aliphatic rings. The Hall–Kier alpha value is 0. The molecule has 3 rings (SSSR count). The first kappa shape index (κ1) is 5.62. The maximum Gasteiger partial charge on any atom is -0.0266 e. The number of hydrogen-bond donors (Lipinski definition) is 0. The quantitative estimate of drug-likeness (QED) is 0.520. The Labute approximate surface area is 63.0 Å². The zero-order chi connectivity index (χ0) is 6.60. The number of fused-ring (bicyclic) bond motifs is 2. The second-order valence-electron chi connectivity index (χ2n) is 4.78. The summed E-state index contributed by atoms with van der Waals surface area (Å²) in [4.78, 5) is 0. The van der Waals surface area contributed by atoms with Crippen molar-refractivity contribution in [3.63, 3.8) is 0 Å². The van der Waals surface area contributed by atoms with E-state index in [-0.39, 0.29) is 0 Å². The van der Waals surface area contributed by atoms with Gasteiger partial charge in [-0.15, -0.1) is 0 Å². The van der Waals surface area contributed by atoms with Crippen LogP contribution in [0.4, 0.5) is 0 Å². The zero-order valence-corrected chi connectivity index (χ0v) is 6.60. The monoisotopic (exact) mass is 136 g/mol. The van der Waals surface area contributed by atoms with Crippen molar-refractivity contribution in [3.05, 3.63) is 0 Å². The topological polar surface area (TPSA) is 0 Å². The van der Waals surface area contributed by atoms with Crippen LogP contribution in [0, 0.1) is 17.3 Å². The molecule has 56 valence electrons. The predicted octanol–water partition coefficient (Wildman–Crippen LogP) is 2.98. The summed E-state index contributed by atoms with van der Waals surface area (Å²) in [5.74, 6) is 2.36. The maximum absolute atomic E-state index is 1.62. The van der Waals surface area contributed by atoms with Gasteiger partial charge in [-0.25, -0.2) is 0 Å². The smallest absolute Gasteiger partial charge is 0.0266 e. The van der Waals surface area contributed by atoms with Crippen molar-refractivity contribution >= 4 is 0 Å². The van der Waals surface area contributed by atoms with Gasteiger partial charge in [0.15, 0.2) is 0 Å². The van der Waals surface area contributed by atoms with Gasteiger partial charge in [0.25, 0.3) is 0 Å². The predicted molar refractivity (Wildman–Crippen MR) is 41.7 cm³/mol. The Balaban J connectivity index is 1.89. The third kappa shape index (κ3) is 0.580. The van der Waals surface area contributed by atoms with E-state index in [1.807, 2.05) is 0 Å². The molecule has 0 nitrogen and oxygen atoms in total. The second-order valence-corrected chi connectivity index (χ2v) is 4.78. The number of hydrogen-bond acceptors (Lipinski definition) is 0. The largest absolute Gasteiger partial charge is 0.0499 e. The summed E-state index contributed by atoms with van der Waals surface area (Å²) < 4.78 is 0. The van der Waals surface area contributed by atoms with Crippen LogP contribution in [0.15, 0.2) is 0 Å². The third-order valence-corrected chi connectivity index (χ3v) is 4.24. The van der Waals surface area contributed by atoms with Crippen LogP contribution in [-0.2, 0) is 0 Å². The summed E-state index contributed by atoms with van der Waals surface area (Å²) in [5.41, 5.74) is 0.921. The van der Waals surface area contributed by atoms with Crippen LogP contribution in [-0.4, -0.2) is 0 Å². The Bertz CT molecular complexity index is 147. The van der Waals surface area contributed by atoms with E-state index in [1.54, 1.807) is 44.9 Å². The Kier molecular flexibility index (Phi) is 0.898. The highest BCUT2D eigenvalue weighted by Gasteiger charge is 2.52. The molecule has 10 heavy (non-hydrogen) atoms. The lowest BCUT2D eigenvalue weighted by atomic mass is 9.80. The standard InChI is InChI=1S/C10H16/c1-2-9(1)10-5-3-8(7-10)4-6-10/h8-9H,1-7H2. The van der Waals surface area contributed by atoms with Crippen LogP contribution in [0.25, 0.3) is 0 Å². The Morgan fingerprint density at radius 3 is 2.00 bits per heavy atom. The molecule has 0 radical (unpaired) electrons. The van der Waals surface area contributed by atoms with Crippen LogP contribution < -0.4 is 0 Å². The van der Waals surface area contributed by atoms with Crippen LogP contribution in [0.5, 0.6) is 0 Å². The first-order chi connectivity index (χ1) is 4.89. The lowest BCUT2D eigenvalue weighted by Crippen LogP contribution is -2.15. The van der Waals surface area contributed by atoms with Gasteiger partial charge in [-0.3, -0.25) is 0 Å². The minimum absolute atomic E-state index is 0.921. The van der Waals surface area contributed by atoms with Crippen LogP contribution in [0.3, 0.4) is 0 Å². The molecule has 0 amide bonds. The molecule has 0 aromatic rings. The molecule has 0 aromatic heterocycles. The molecular formula is C10H16. The van der Waals surface area contributed by atoms with Gasteiger partial charge in [-0.1, -0.05) is 0 Å². The first-order valence-corrected chi connectivity index (χ1v) is 4.89. The van der Waals surface area contributed by atoms with Crippen LogP contribution in [0.2, 0.25) is 0 Å². The SMILES string of the molecule is C1CC2(C3CC3)CCC1C2. The van der Waals surface area contributed by atoms with Gasteiger partial charge >= 0.3 is 0 Å². The van der Waals surface area contributed by atoms with Crippen molar-refractivity contribution < 1.29 is 0 Å². The molecular weight excluding hydrogens is 120 g/mol. The molecule has 0 spiro atoms. The summed E-state index contributed by atoms with van der Waals surface area (Å²) in [6.07, 6.45) is 11.1. The maximum atomic E-state index is 1.62. The summed E-state index contributed by atoms with van der Waals surface area (Å²) in [6, 6.07) is 0. The minimum atomic E-state index is 0.921. The zero-order valence-electron chi connectivity index (χ0n) is 6.60. The highest BCUT2D eigenvalue weighted by Crippen LogP contribution is 2.64. The molecule has 0 heteroatoms. The van der Waals surface area contributed by atoms with E-state index in [4.69, 9.17) is 0 Å². The van der Waals surface area contributed by atoms with Crippen molar-refractivity contribution in [3.8, 4) is 0 Å². The van der Waals surface area contributed by atoms with Gasteiger partial charge in [0, 0.05) is 0 Å². The van der Waals surface area contributed by atoms with Crippen molar-refractivity contribution in [2.75, 3.05) is 0 Å². The summed E-state index contributed by atoms with van der Waals surface area (Å²) in [6.45, 7) is 0. The van der Waals surface area contributed by atoms with Gasteiger partial charge in [0.05, 0.1) is 0 Å². The molecule has 3 saturated carbocycles. The Morgan fingerprint density at radius 2 is 1.60 bits per heavy atom. The summed E-state index contributed by atoms with van der Waals surface area (Å²) >= 11 is 0. The fourth-order valence-electron chi connectivity index (χ4n) is 3.51. The van der Waals surface area contributed by atoms with Crippen molar-refractivity contribution in [2.45, 2.75) is 44.9 Å². The van der Waals surface area contributed by atoms with E-state index >= 15 is 0 Å². The lowest BCUT2D eigenvalue weighted by molar-refractivity contribution is 0.248. The molecule has 0 saturated heterocycles. The molecule has 0 N–H and O–H groups in total. The van der Waals surface area contributed by atoms with Crippen LogP contribution in [0.1, 0.15) is 44.9 Å². The van der Waals surface area contributed by atoms with E-state index < -0.39 is 0 Å². The van der Waals surface area contributed by atoms with Gasteiger partial charge in [0.1, 0.15) is 0 Å². The molecule has 3 fully saturated rings. The molecule has 0 aliphatic heterocycles. The fourth-order valence-corrected chi connectivity index (χ4v) is 3.51. The van der Waals surface area contributed by atoms with Crippen molar-refractivity contribution in [2.24, 2.45) is 17.3 Å². The first-order valence-electron chi connectivity index (χ1n) is 4.89.